The van der Waals surface area contributed by atoms with Crippen LogP contribution in [0, 0.1) is 6.92 Å². The van der Waals surface area contributed by atoms with Gasteiger partial charge in [0, 0.05) is 18.7 Å². The molecule has 1 atom stereocenters. The summed E-state index contributed by atoms with van der Waals surface area (Å²) in [7, 11) is 1.98. The van der Waals surface area contributed by atoms with E-state index in [2.05, 4.69) is 28.7 Å². The van der Waals surface area contributed by atoms with Gasteiger partial charge in [-0.05, 0) is 31.0 Å². The van der Waals surface area contributed by atoms with Crippen molar-refractivity contribution in [2.75, 3.05) is 19.1 Å². The molecule has 0 fully saturated rings. The second-order valence-electron chi connectivity index (χ2n) is 3.76. The largest absolute Gasteiger partial charge is 0.441 e. The van der Waals surface area contributed by atoms with Gasteiger partial charge in [-0.3, -0.25) is 0 Å². The first-order valence-corrected chi connectivity index (χ1v) is 6.67. The maximum absolute atomic E-state index is 5.54. The summed E-state index contributed by atoms with van der Waals surface area (Å²) in [6.07, 6.45) is 2.11. The van der Waals surface area contributed by atoms with Gasteiger partial charge < -0.3 is 9.73 Å². The van der Waals surface area contributed by atoms with E-state index < -0.39 is 0 Å². The summed E-state index contributed by atoms with van der Waals surface area (Å²) < 4.78 is 5.54. The van der Waals surface area contributed by atoms with Crippen molar-refractivity contribution in [3.8, 4) is 0 Å². The fourth-order valence-corrected chi connectivity index (χ4v) is 2.48. The molecule has 0 aliphatic rings. The minimum Gasteiger partial charge on any atom is -0.441 e. The van der Waals surface area contributed by atoms with Crippen LogP contribution in [0.3, 0.4) is 0 Å². The van der Waals surface area contributed by atoms with Crippen molar-refractivity contribution in [1.29, 1.82) is 0 Å². The van der Waals surface area contributed by atoms with E-state index in [1.165, 1.54) is 5.56 Å². The van der Waals surface area contributed by atoms with Gasteiger partial charge in [-0.2, -0.15) is 11.8 Å². The zero-order chi connectivity index (χ0) is 11.5. The molecule has 0 saturated heterocycles. The number of aromatic nitrogens is 1. The van der Waals surface area contributed by atoms with Gasteiger partial charge in [-0.1, -0.05) is 6.07 Å². The molecule has 0 amide bonds. The predicted molar refractivity (Wildman–Crippen MR) is 68.9 cm³/mol. The molecule has 1 unspecified atom stereocenters. The fraction of sp³-hybridized carbons (Fsp3) is 0.417. The van der Waals surface area contributed by atoms with Gasteiger partial charge in [0.05, 0.1) is 0 Å². The Bertz CT molecular complexity index is 481. The summed E-state index contributed by atoms with van der Waals surface area (Å²) in [5.74, 6) is 1.77. The van der Waals surface area contributed by atoms with Crippen molar-refractivity contribution in [3.05, 3.63) is 29.7 Å². The average molecular weight is 236 g/mol. The highest BCUT2D eigenvalue weighted by molar-refractivity contribution is 7.98. The highest BCUT2D eigenvalue weighted by Gasteiger charge is 2.10. The monoisotopic (exact) mass is 236 g/mol. The van der Waals surface area contributed by atoms with E-state index in [-0.39, 0.29) is 0 Å². The Hall–Kier alpha value is -1.00. The van der Waals surface area contributed by atoms with Crippen LogP contribution in [0.1, 0.15) is 17.5 Å². The number of benzene rings is 1. The molecule has 0 aliphatic heterocycles. The first-order chi connectivity index (χ1) is 7.74. The van der Waals surface area contributed by atoms with Gasteiger partial charge >= 0.3 is 0 Å². The molecule has 1 N–H and O–H groups in total. The second kappa shape index (κ2) is 4.89. The molecule has 1 aromatic heterocycles. The Morgan fingerprint density at radius 3 is 3.00 bits per heavy atom. The van der Waals surface area contributed by atoms with E-state index in [1.54, 1.807) is 0 Å². The number of rotatable bonds is 4. The van der Waals surface area contributed by atoms with Crippen LogP contribution in [0.15, 0.2) is 22.6 Å². The fourth-order valence-electron chi connectivity index (χ4n) is 1.79. The minimum absolute atomic E-state index is 0.366. The topological polar surface area (TPSA) is 38.1 Å². The summed E-state index contributed by atoms with van der Waals surface area (Å²) in [5, 5.41) is 3.31. The first-order valence-electron chi connectivity index (χ1n) is 5.28. The summed E-state index contributed by atoms with van der Waals surface area (Å²) in [5.41, 5.74) is 3.05. The summed E-state index contributed by atoms with van der Waals surface area (Å²) in [6.45, 7) is 1.87. The lowest BCUT2D eigenvalue weighted by Crippen LogP contribution is -2.18. The molecule has 1 aromatic carbocycles. The molecule has 0 spiro atoms. The van der Waals surface area contributed by atoms with Crippen LogP contribution in [-0.4, -0.2) is 24.0 Å². The molecule has 0 bridgehead atoms. The maximum atomic E-state index is 5.54. The third-order valence-electron chi connectivity index (χ3n) is 2.60. The molecular weight excluding hydrogens is 220 g/mol. The van der Waals surface area contributed by atoms with Crippen LogP contribution in [0.2, 0.25) is 0 Å². The molecule has 2 aromatic rings. The van der Waals surface area contributed by atoms with Gasteiger partial charge in [-0.25, -0.2) is 4.98 Å². The van der Waals surface area contributed by atoms with E-state index in [0.29, 0.717) is 6.04 Å². The third kappa shape index (κ3) is 2.23. The number of fused-ring (bicyclic) bond motifs is 1. The lowest BCUT2D eigenvalue weighted by molar-refractivity contribution is 0.559. The van der Waals surface area contributed by atoms with Crippen molar-refractivity contribution in [2.45, 2.75) is 13.0 Å². The summed E-state index contributed by atoms with van der Waals surface area (Å²) in [4.78, 5) is 4.29. The molecule has 2 rings (SSSR count). The number of nitrogens with zero attached hydrogens (tertiary/aromatic N) is 1. The van der Waals surface area contributed by atoms with Crippen molar-refractivity contribution < 1.29 is 4.42 Å². The van der Waals surface area contributed by atoms with E-state index in [1.807, 2.05) is 31.8 Å². The lowest BCUT2D eigenvalue weighted by Gasteiger charge is -2.14. The normalized spacial score (nSPS) is 13.2. The van der Waals surface area contributed by atoms with Crippen molar-refractivity contribution in [2.24, 2.45) is 0 Å². The number of aryl methyl sites for hydroxylation is 1. The van der Waals surface area contributed by atoms with Crippen LogP contribution >= 0.6 is 11.8 Å². The van der Waals surface area contributed by atoms with Crippen LogP contribution in [0.25, 0.3) is 11.1 Å². The lowest BCUT2D eigenvalue weighted by atomic mass is 10.1. The Morgan fingerprint density at radius 1 is 1.50 bits per heavy atom. The van der Waals surface area contributed by atoms with Crippen LogP contribution in [0.4, 0.5) is 0 Å². The predicted octanol–water partition coefficient (Wildman–Crippen LogP) is 2.76. The van der Waals surface area contributed by atoms with Crippen LogP contribution < -0.4 is 5.32 Å². The number of oxazole rings is 1. The van der Waals surface area contributed by atoms with E-state index >= 15 is 0 Å². The minimum atomic E-state index is 0.366. The quantitative estimate of drug-likeness (QED) is 0.886. The van der Waals surface area contributed by atoms with Crippen molar-refractivity contribution in [3.63, 3.8) is 0 Å². The molecule has 86 valence electrons. The molecule has 0 aliphatic carbocycles. The highest BCUT2D eigenvalue weighted by atomic mass is 32.2. The SMILES string of the molecule is CNC(CSC)c1ccc2nc(C)oc2c1. The van der Waals surface area contributed by atoms with E-state index in [4.69, 9.17) is 4.42 Å². The Morgan fingerprint density at radius 2 is 2.31 bits per heavy atom. The number of thioether (sulfide) groups is 1. The summed E-state index contributed by atoms with van der Waals surface area (Å²) >= 11 is 1.83. The Balaban J connectivity index is 2.36. The number of hydrogen-bond acceptors (Lipinski definition) is 4. The number of hydrogen-bond donors (Lipinski definition) is 1. The molecular formula is C12H16N2OS. The molecule has 3 nitrogen and oxygen atoms in total. The zero-order valence-electron chi connectivity index (χ0n) is 9.78. The molecule has 0 radical (unpaired) electrons. The van der Waals surface area contributed by atoms with Gasteiger partial charge in [0.25, 0.3) is 0 Å². The molecule has 1 heterocycles. The molecule has 16 heavy (non-hydrogen) atoms. The third-order valence-corrected chi connectivity index (χ3v) is 3.27. The standard InChI is InChI=1S/C12H16N2OS/c1-8-14-10-5-4-9(6-12(10)15-8)11(13-2)7-16-3/h4-6,11,13H,7H2,1-3H3. The van der Waals surface area contributed by atoms with E-state index in [0.717, 1.165) is 22.7 Å². The maximum Gasteiger partial charge on any atom is 0.192 e. The van der Waals surface area contributed by atoms with Crippen LogP contribution in [0.5, 0.6) is 0 Å². The van der Waals surface area contributed by atoms with E-state index in [9.17, 15) is 0 Å². The van der Waals surface area contributed by atoms with Gasteiger partial charge in [0.2, 0.25) is 0 Å². The van der Waals surface area contributed by atoms with Gasteiger partial charge in [0.15, 0.2) is 11.5 Å². The van der Waals surface area contributed by atoms with Crippen molar-refractivity contribution in [1.82, 2.24) is 10.3 Å². The Labute approximate surface area is 99.6 Å². The average Bonchev–Trinajstić information content (AvgIpc) is 2.64. The van der Waals surface area contributed by atoms with Gasteiger partial charge in [0.1, 0.15) is 5.52 Å². The van der Waals surface area contributed by atoms with Crippen molar-refractivity contribution >= 4 is 22.9 Å². The Kier molecular flexibility index (Phi) is 3.51. The van der Waals surface area contributed by atoms with Crippen LogP contribution in [-0.2, 0) is 0 Å². The molecule has 0 saturated carbocycles. The zero-order valence-corrected chi connectivity index (χ0v) is 10.6. The number of nitrogens with one attached hydrogen (secondary N) is 1. The molecule has 4 heteroatoms. The second-order valence-corrected chi connectivity index (χ2v) is 4.67. The smallest absolute Gasteiger partial charge is 0.192 e. The highest BCUT2D eigenvalue weighted by Crippen LogP contribution is 2.22. The van der Waals surface area contributed by atoms with Gasteiger partial charge in [-0.15, -0.1) is 0 Å². The summed E-state index contributed by atoms with van der Waals surface area (Å²) in [6, 6.07) is 6.57. The first kappa shape index (κ1) is 11.5.